The number of ether oxygens (including phenoxy) is 2. The largest absolute Gasteiger partial charge is 0.452 e. The van der Waals surface area contributed by atoms with Gasteiger partial charge < -0.3 is 14.8 Å². The zero-order valence-electron chi connectivity index (χ0n) is 13.6. The van der Waals surface area contributed by atoms with Crippen LogP contribution in [0.2, 0.25) is 0 Å². The lowest BCUT2D eigenvalue weighted by atomic mass is 10.2. The zero-order valence-corrected chi connectivity index (χ0v) is 13.6. The Balaban J connectivity index is 1.87. The average Bonchev–Trinajstić information content (AvgIpc) is 2.61. The number of hydrogen-bond acceptors (Lipinski definition) is 5. The van der Waals surface area contributed by atoms with E-state index in [1.54, 1.807) is 0 Å². The highest BCUT2D eigenvalue weighted by Crippen LogP contribution is 2.21. The lowest BCUT2D eigenvalue weighted by Crippen LogP contribution is -2.37. The van der Waals surface area contributed by atoms with E-state index in [1.807, 2.05) is 5.32 Å². The van der Waals surface area contributed by atoms with E-state index in [4.69, 9.17) is 0 Å². The Hall–Kier alpha value is -3.56. The number of benzene rings is 2. The summed E-state index contributed by atoms with van der Waals surface area (Å²) in [6.07, 6.45) is 0. The van der Waals surface area contributed by atoms with E-state index >= 15 is 0 Å². The van der Waals surface area contributed by atoms with Gasteiger partial charge in [-0.1, -0.05) is 24.3 Å². The van der Waals surface area contributed by atoms with E-state index in [9.17, 15) is 27.6 Å². The Morgan fingerprint density at radius 1 is 1.00 bits per heavy atom. The Labute approximate surface area is 151 Å². The second-order valence-corrected chi connectivity index (χ2v) is 4.93. The second-order valence-electron chi connectivity index (χ2n) is 4.93. The molecule has 0 aliphatic carbocycles. The lowest BCUT2D eigenvalue weighted by Gasteiger charge is -2.10. The summed E-state index contributed by atoms with van der Waals surface area (Å²) < 4.78 is 46.9. The van der Waals surface area contributed by atoms with Gasteiger partial charge in [-0.25, -0.2) is 14.0 Å². The van der Waals surface area contributed by atoms with Gasteiger partial charge in [0.2, 0.25) is 0 Å². The fourth-order valence-corrected chi connectivity index (χ4v) is 1.92. The molecule has 0 radical (unpaired) electrons. The quantitative estimate of drug-likeness (QED) is 0.750. The molecule has 2 rings (SSSR count). The van der Waals surface area contributed by atoms with Gasteiger partial charge in [0.05, 0.1) is 5.69 Å². The van der Waals surface area contributed by atoms with Crippen molar-refractivity contribution in [1.29, 1.82) is 0 Å². The number of carbonyl (C=O) groups excluding carboxylic acids is 3. The lowest BCUT2D eigenvalue weighted by molar-refractivity contribution is -0.123. The fourth-order valence-electron chi connectivity index (χ4n) is 1.92. The van der Waals surface area contributed by atoms with Crippen LogP contribution in [0.5, 0.6) is 5.75 Å². The van der Waals surface area contributed by atoms with Crippen LogP contribution in [0.4, 0.5) is 23.7 Å². The van der Waals surface area contributed by atoms with E-state index in [2.05, 4.69) is 14.8 Å². The van der Waals surface area contributed by atoms with Crippen molar-refractivity contribution in [2.75, 3.05) is 11.9 Å². The molecule has 0 aromatic heterocycles. The average molecular weight is 382 g/mol. The SMILES string of the molecule is O=C(COC(=O)c1ccccc1OC(F)F)NC(=O)Nc1ccccc1F. The van der Waals surface area contributed by atoms with Crippen LogP contribution in [0.15, 0.2) is 48.5 Å². The van der Waals surface area contributed by atoms with Gasteiger partial charge in [-0.2, -0.15) is 8.78 Å². The molecule has 0 bridgehead atoms. The molecular weight excluding hydrogens is 369 g/mol. The van der Waals surface area contributed by atoms with Crippen LogP contribution in [-0.2, 0) is 9.53 Å². The Morgan fingerprint density at radius 3 is 2.37 bits per heavy atom. The van der Waals surface area contributed by atoms with Crippen LogP contribution in [0, 0.1) is 5.82 Å². The molecule has 0 spiro atoms. The van der Waals surface area contributed by atoms with Crippen molar-refractivity contribution in [3.05, 3.63) is 59.9 Å². The summed E-state index contributed by atoms with van der Waals surface area (Å²) in [5.74, 6) is -3.24. The molecule has 27 heavy (non-hydrogen) atoms. The van der Waals surface area contributed by atoms with Gasteiger partial charge in [0.25, 0.3) is 5.91 Å². The topological polar surface area (TPSA) is 93.7 Å². The maximum atomic E-state index is 13.4. The number of esters is 1. The predicted molar refractivity (Wildman–Crippen MR) is 86.9 cm³/mol. The van der Waals surface area contributed by atoms with Crippen molar-refractivity contribution in [3.8, 4) is 5.75 Å². The number of amides is 3. The molecule has 2 aromatic carbocycles. The zero-order chi connectivity index (χ0) is 19.8. The first-order valence-corrected chi connectivity index (χ1v) is 7.43. The number of para-hydroxylation sites is 2. The highest BCUT2D eigenvalue weighted by molar-refractivity contribution is 6.02. The third-order valence-corrected chi connectivity index (χ3v) is 3.03. The smallest absolute Gasteiger partial charge is 0.387 e. The number of anilines is 1. The molecule has 0 fully saturated rings. The van der Waals surface area contributed by atoms with Gasteiger partial charge in [-0.05, 0) is 24.3 Å². The number of carbonyl (C=O) groups is 3. The Morgan fingerprint density at radius 2 is 1.67 bits per heavy atom. The minimum Gasteiger partial charge on any atom is -0.452 e. The molecule has 7 nitrogen and oxygen atoms in total. The van der Waals surface area contributed by atoms with Gasteiger partial charge in [0, 0.05) is 0 Å². The standard InChI is InChI=1S/C17H13F3N2O5/c18-11-6-2-3-7-12(11)21-17(25)22-14(23)9-26-15(24)10-5-1-4-8-13(10)27-16(19)20/h1-8,16H,9H2,(H2,21,22,23,25). The van der Waals surface area contributed by atoms with Crippen molar-refractivity contribution in [1.82, 2.24) is 5.32 Å². The molecule has 142 valence electrons. The summed E-state index contributed by atoms with van der Waals surface area (Å²) in [6.45, 7) is -4.02. The van der Waals surface area contributed by atoms with E-state index in [-0.39, 0.29) is 11.3 Å². The van der Waals surface area contributed by atoms with Gasteiger partial charge in [0.1, 0.15) is 17.1 Å². The van der Waals surface area contributed by atoms with Crippen molar-refractivity contribution in [2.45, 2.75) is 6.61 Å². The number of nitrogens with one attached hydrogen (secondary N) is 2. The van der Waals surface area contributed by atoms with Gasteiger partial charge in [-0.3, -0.25) is 10.1 Å². The highest BCUT2D eigenvalue weighted by Gasteiger charge is 2.18. The molecule has 0 saturated heterocycles. The summed E-state index contributed by atoms with van der Waals surface area (Å²) in [7, 11) is 0. The summed E-state index contributed by atoms with van der Waals surface area (Å²) in [4.78, 5) is 35.1. The number of imide groups is 1. The predicted octanol–water partition coefficient (Wildman–Crippen LogP) is 2.93. The number of hydrogen-bond donors (Lipinski definition) is 2. The molecule has 3 amide bonds. The molecule has 2 aromatic rings. The number of urea groups is 1. The van der Waals surface area contributed by atoms with Gasteiger partial charge in [0.15, 0.2) is 6.61 Å². The number of rotatable bonds is 6. The second kappa shape index (κ2) is 9.22. The molecule has 0 heterocycles. The van der Waals surface area contributed by atoms with E-state index in [1.165, 1.54) is 36.4 Å². The summed E-state index contributed by atoms with van der Waals surface area (Å²) >= 11 is 0. The van der Waals surface area contributed by atoms with Crippen LogP contribution in [0.25, 0.3) is 0 Å². The monoisotopic (exact) mass is 382 g/mol. The molecule has 2 N–H and O–H groups in total. The minimum absolute atomic E-state index is 0.155. The first-order chi connectivity index (χ1) is 12.9. The van der Waals surface area contributed by atoms with Gasteiger partial charge in [-0.15, -0.1) is 0 Å². The first-order valence-electron chi connectivity index (χ1n) is 7.43. The van der Waals surface area contributed by atoms with Crippen molar-refractivity contribution < 1.29 is 37.0 Å². The van der Waals surface area contributed by atoms with E-state index in [0.717, 1.165) is 12.1 Å². The Kier molecular flexibility index (Phi) is 6.75. The molecule has 0 atom stereocenters. The molecule has 0 saturated carbocycles. The van der Waals surface area contributed by atoms with Crippen LogP contribution in [0.3, 0.4) is 0 Å². The van der Waals surface area contributed by atoms with Crippen molar-refractivity contribution >= 4 is 23.6 Å². The summed E-state index contributed by atoms with van der Waals surface area (Å²) in [5.41, 5.74) is -0.473. The third kappa shape index (κ3) is 6.03. The maximum Gasteiger partial charge on any atom is 0.387 e. The first kappa shape index (κ1) is 19.8. The number of alkyl halides is 2. The van der Waals surface area contributed by atoms with Gasteiger partial charge >= 0.3 is 18.6 Å². The summed E-state index contributed by atoms with van der Waals surface area (Å²) in [5, 5.41) is 3.93. The molecule has 0 aliphatic heterocycles. The molecular formula is C17H13F3N2O5. The van der Waals surface area contributed by atoms with Crippen molar-refractivity contribution in [3.63, 3.8) is 0 Å². The number of halogens is 3. The molecule has 10 heteroatoms. The summed E-state index contributed by atoms with van der Waals surface area (Å²) in [6, 6.07) is 9.29. The molecule has 0 unspecified atom stereocenters. The normalized spacial score (nSPS) is 10.2. The fraction of sp³-hybridized carbons (Fsp3) is 0.118. The van der Waals surface area contributed by atoms with Crippen LogP contribution >= 0.6 is 0 Å². The minimum atomic E-state index is -3.15. The van der Waals surface area contributed by atoms with Crippen LogP contribution in [0.1, 0.15) is 10.4 Å². The Bertz CT molecular complexity index is 845. The van der Waals surface area contributed by atoms with E-state index in [0.29, 0.717) is 0 Å². The third-order valence-electron chi connectivity index (χ3n) is 3.03. The maximum absolute atomic E-state index is 13.4. The highest BCUT2D eigenvalue weighted by atomic mass is 19.3. The van der Waals surface area contributed by atoms with Crippen LogP contribution in [-0.4, -0.2) is 31.1 Å². The van der Waals surface area contributed by atoms with Crippen LogP contribution < -0.4 is 15.4 Å². The molecule has 0 aliphatic rings. The van der Waals surface area contributed by atoms with Crippen molar-refractivity contribution in [2.24, 2.45) is 0 Å². The van der Waals surface area contributed by atoms with E-state index < -0.39 is 42.7 Å².